The summed E-state index contributed by atoms with van der Waals surface area (Å²) in [4.78, 5) is 11.9. The molecule has 3 heterocycles. The normalized spacial score (nSPS) is 12.8. The van der Waals surface area contributed by atoms with Gasteiger partial charge in [0, 0.05) is 47.5 Å². The van der Waals surface area contributed by atoms with Crippen LogP contribution in [0.15, 0.2) is 78.0 Å². The van der Waals surface area contributed by atoms with Gasteiger partial charge in [-0.2, -0.15) is 0 Å². The van der Waals surface area contributed by atoms with E-state index in [9.17, 15) is 4.39 Å². The molecule has 2 N–H and O–H groups in total. The number of anilines is 1. The van der Waals surface area contributed by atoms with Crippen LogP contribution in [0.5, 0.6) is 0 Å². The molecule has 0 saturated heterocycles. The van der Waals surface area contributed by atoms with Crippen molar-refractivity contribution in [2.45, 2.75) is 13.3 Å². The average Bonchev–Trinajstić information content (AvgIpc) is 3.11. The molecule has 0 radical (unpaired) electrons. The third-order valence-corrected chi connectivity index (χ3v) is 4.66. The molecule has 0 unspecified atom stereocenters. The first-order valence-corrected chi connectivity index (χ1v) is 8.93. The van der Waals surface area contributed by atoms with E-state index in [1.807, 2.05) is 36.7 Å². The number of fused-ring (bicyclic) bond motifs is 1. The molecule has 0 aliphatic carbocycles. The van der Waals surface area contributed by atoms with E-state index >= 15 is 0 Å². The van der Waals surface area contributed by atoms with Crippen LogP contribution in [0.3, 0.4) is 0 Å². The molecule has 3 aromatic heterocycles. The van der Waals surface area contributed by atoms with Crippen LogP contribution < -0.4 is 5.32 Å². The zero-order valence-electron chi connectivity index (χ0n) is 15.0. The zero-order valence-corrected chi connectivity index (χ0v) is 15.7. The molecular formula is C21H20ClFN4. The minimum Gasteiger partial charge on any atom is -0.366 e. The highest BCUT2D eigenvalue weighted by atomic mass is 35.5. The van der Waals surface area contributed by atoms with E-state index in [2.05, 4.69) is 26.8 Å². The fourth-order valence-electron chi connectivity index (χ4n) is 2.77. The Labute approximate surface area is 162 Å². The predicted octanol–water partition coefficient (Wildman–Crippen LogP) is 5.51. The number of allylic oxidation sites excluding steroid dienone is 3. The lowest BCUT2D eigenvalue weighted by Gasteiger charge is -2.10. The maximum atomic E-state index is 13.9. The van der Waals surface area contributed by atoms with E-state index in [1.165, 1.54) is 5.56 Å². The molecule has 0 aliphatic heterocycles. The van der Waals surface area contributed by atoms with Gasteiger partial charge in [-0.1, -0.05) is 30.3 Å². The molecule has 0 bridgehead atoms. The number of halogens is 2. The summed E-state index contributed by atoms with van der Waals surface area (Å²) in [5, 5.41) is 4.55. The highest BCUT2D eigenvalue weighted by Gasteiger charge is 2.09. The van der Waals surface area contributed by atoms with Gasteiger partial charge in [-0.3, -0.25) is 0 Å². The summed E-state index contributed by atoms with van der Waals surface area (Å²) in [6.07, 6.45) is 9.09. The van der Waals surface area contributed by atoms with E-state index in [4.69, 9.17) is 11.6 Å². The Balaban J connectivity index is 1.69. The van der Waals surface area contributed by atoms with Gasteiger partial charge >= 0.3 is 0 Å². The number of aromatic amines is 1. The highest BCUT2D eigenvalue weighted by Crippen LogP contribution is 2.22. The lowest BCUT2D eigenvalue weighted by molar-refractivity contribution is 0.656. The van der Waals surface area contributed by atoms with Gasteiger partial charge in [0.15, 0.2) is 0 Å². The van der Waals surface area contributed by atoms with Crippen molar-refractivity contribution >= 4 is 28.5 Å². The number of hydrogen-bond acceptors (Lipinski definition) is 3. The molecule has 27 heavy (non-hydrogen) atoms. The van der Waals surface area contributed by atoms with Crippen LogP contribution in [0.2, 0.25) is 0 Å². The Kier molecular flexibility index (Phi) is 6.04. The van der Waals surface area contributed by atoms with Crippen molar-refractivity contribution in [3.8, 4) is 0 Å². The third kappa shape index (κ3) is 4.44. The molecular weight excluding hydrogens is 363 g/mol. The molecule has 3 aromatic rings. The first-order chi connectivity index (χ1) is 13.1. The SMILES string of the molecule is C=C/C(F)=C(CNc1ccc(Cc2c[nH]c3ncccc23)cn1)\C(Cl)=C/C. The smallest absolute Gasteiger partial charge is 0.137 e. The number of nitrogens with zero attached hydrogens (tertiary/aromatic N) is 2. The largest absolute Gasteiger partial charge is 0.366 e. The van der Waals surface area contributed by atoms with E-state index < -0.39 is 5.83 Å². The summed E-state index contributed by atoms with van der Waals surface area (Å²) >= 11 is 6.07. The fourth-order valence-corrected chi connectivity index (χ4v) is 2.93. The number of hydrogen-bond donors (Lipinski definition) is 2. The van der Waals surface area contributed by atoms with E-state index in [0.717, 1.165) is 29.1 Å². The van der Waals surface area contributed by atoms with Crippen molar-refractivity contribution < 1.29 is 4.39 Å². The zero-order chi connectivity index (χ0) is 19.2. The number of pyridine rings is 2. The molecule has 0 fully saturated rings. The summed E-state index contributed by atoms with van der Waals surface area (Å²) in [5.41, 5.74) is 3.47. The van der Waals surface area contributed by atoms with Gasteiger partial charge in [0.05, 0.1) is 0 Å². The lowest BCUT2D eigenvalue weighted by Crippen LogP contribution is -2.08. The standard InChI is InChI=1S/C21H20ClFN4/c1-3-18(22)17(19(23)4-2)13-26-20-8-7-14(11-25-20)10-15-12-27-21-16(15)6-5-9-24-21/h3-9,11-12H,2,10,13H2,1H3,(H,24,27)(H,25,26)/b18-3+,19-17+. The van der Waals surface area contributed by atoms with E-state index in [-0.39, 0.29) is 6.54 Å². The second kappa shape index (κ2) is 8.64. The maximum Gasteiger partial charge on any atom is 0.137 e. The van der Waals surface area contributed by atoms with Gasteiger partial charge in [-0.15, -0.1) is 0 Å². The summed E-state index contributed by atoms with van der Waals surface area (Å²) in [5.74, 6) is 0.199. The van der Waals surface area contributed by atoms with Crippen LogP contribution in [0.4, 0.5) is 10.2 Å². The van der Waals surface area contributed by atoms with Crippen molar-refractivity contribution in [1.82, 2.24) is 15.0 Å². The molecule has 0 atom stereocenters. The van der Waals surface area contributed by atoms with Crippen LogP contribution in [0.25, 0.3) is 11.0 Å². The van der Waals surface area contributed by atoms with Gasteiger partial charge in [-0.05, 0) is 42.3 Å². The second-order valence-electron chi connectivity index (χ2n) is 5.96. The highest BCUT2D eigenvalue weighted by molar-refractivity contribution is 6.32. The molecule has 0 aromatic carbocycles. The molecule has 4 nitrogen and oxygen atoms in total. The van der Waals surface area contributed by atoms with Crippen molar-refractivity contribution in [2.24, 2.45) is 0 Å². The Hall–Kier alpha value is -2.92. The summed E-state index contributed by atoms with van der Waals surface area (Å²) in [6, 6.07) is 7.84. The second-order valence-corrected chi connectivity index (χ2v) is 6.37. The molecule has 0 amide bonds. The number of H-pyrrole nitrogens is 1. The number of rotatable bonds is 7. The molecule has 0 aliphatic rings. The molecule has 3 rings (SSSR count). The first-order valence-electron chi connectivity index (χ1n) is 8.55. The van der Waals surface area contributed by atoms with Crippen LogP contribution in [-0.2, 0) is 6.42 Å². The van der Waals surface area contributed by atoms with Crippen LogP contribution >= 0.6 is 11.6 Å². The minimum atomic E-state index is -0.449. The van der Waals surface area contributed by atoms with Crippen molar-refractivity contribution in [1.29, 1.82) is 0 Å². The van der Waals surface area contributed by atoms with Crippen molar-refractivity contribution in [3.63, 3.8) is 0 Å². The summed E-state index contributed by atoms with van der Waals surface area (Å²) < 4.78 is 13.9. The lowest BCUT2D eigenvalue weighted by atomic mass is 10.1. The Morgan fingerprint density at radius 3 is 2.89 bits per heavy atom. The van der Waals surface area contributed by atoms with Gasteiger partial charge in [-0.25, -0.2) is 14.4 Å². The Morgan fingerprint density at radius 1 is 1.33 bits per heavy atom. The molecule has 138 valence electrons. The summed E-state index contributed by atoms with van der Waals surface area (Å²) in [7, 11) is 0. The monoisotopic (exact) mass is 382 g/mol. The number of nitrogens with one attached hydrogen (secondary N) is 2. The van der Waals surface area contributed by atoms with Gasteiger partial charge < -0.3 is 10.3 Å². The van der Waals surface area contributed by atoms with Crippen molar-refractivity contribution in [3.05, 3.63) is 89.1 Å². The predicted molar refractivity (Wildman–Crippen MR) is 110 cm³/mol. The molecule has 0 saturated carbocycles. The summed E-state index contributed by atoms with van der Waals surface area (Å²) in [6.45, 7) is 5.43. The third-order valence-electron chi connectivity index (χ3n) is 4.21. The average molecular weight is 383 g/mol. The Morgan fingerprint density at radius 2 is 2.19 bits per heavy atom. The minimum absolute atomic E-state index is 0.224. The van der Waals surface area contributed by atoms with Crippen LogP contribution in [0, 0.1) is 0 Å². The topological polar surface area (TPSA) is 53.6 Å². The maximum absolute atomic E-state index is 13.9. The van der Waals surface area contributed by atoms with Gasteiger partial charge in [0.2, 0.25) is 0 Å². The van der Waals surface area contributed by atoms with Crippen LogP contribution in [0.1, 0.15) is 18.1 Å². The quantitative estimate of drug-likeness (QED) is 0.529. The fraction of sp³-hybridized carbons (Fsp3) is 0.143. The Bertz CT molecular complexity index is 1000. The van der Waals surface area contributed by atoms with Gasteiger partial charge in [0.1, 0.15) is 17.3 Å². The number of aromatic nitrogens is 3. The van der Waals surface area contributed by atoms with Crippen molar-refractivity contribution in [2.75, 3.05) is 11.9 Å². The van der Waals surface area contributed by atoms with Gasteiger partial charge in [0.25, 0.3) is 0 Å². The first kappa shape index (κ1) is 18.9. The van der Waals surface area contributed by atoms with E-state index in [0.29, 0.717) is 16.4 Å². The van der Waals surface area contributed by atoms with Crippen LogP contribution in [-0.4, -0.2) is 21.5 Å². The molecule has 0 spiro atoms. The molecule has 6 heteroatoms. The van der Waals surface area contributed by atoms with E-state index in [1.54, 1.807) is 19.2 Å².